The molecule has 2 N–H and O–H groups in total. The fraction of sp³-hybridized carbons (Fsp3) is 0.571. The first-order valence-electron chi connectivity index (χ1n) is 10.5. The molecule has 2 aromatic heterocycles. The quantitative estimate of drug-likeness (QED) is 0.783. The fourth-order valence-corrected chi connectivity index (χ4v) is 5.67. The summed E-state index contributed by atoms with van der Waals surface area (Å²) in [5.41, 5.74) is 5.76. The van der Waals surface area contributed by atoms with Crippen LogP contribution in [0.1, 0.15) is 74.0 Å². The third kappa shape index (κ3) is 3.54. The van der Waals surface area contributed by atoms with Crippen molar-refractivity contribution >= 4 is 23.3 Å². The van der Waals surface area contributed by atoms with Gasteiger partial charge in [-0.2, -0.15) is 0 Å². The predicted octanol–water partition coefficient (Wildman–Crippen LogP) is 3.28. The summed E-state index contributed by atoms with van der Waals surface area (Å²) in [4.78, 5) is 33.4. The summed E-state index contributed by atoms with van der Waals surface area (Å²) < 4.78 is 3.88. The Kier molecular flexibility index (Phi) is 5.89. The molecule has 154 valence electrons. The first-order valence-corrected chi connectivity index (χ1v) is 11.3. The highest BCUT2D eigenvalue weighted by Gasteiger charge is 2.56. The van der Waals surface area contributed by atoms with Gasteiger partial charge in [0.05, 0.1) is 5.69 Å². The van der Waals surface area contributed by atoms with Gasteiger partial charge < -0.3 is 10.6 Å². The summed E-state index contributed by atoms with van der Waals surface area (Å²) in [6.07, 6.45) is 10.4. The van der Waals surface area contributed by atoms with Crippen molar-refractivity contribution in [1.29, 1.82) is 0 Å². The highest BCUT2D eigenvalue weighted by molar-refractivity contribution is 7.03. The average molecular weight is 414 g/mol. The number of amides is 2. The molecule has 2 aliphatic carbocycles. The van der Waals surface area contributed by atoms with Crippen LogP contribution in [0.15, 0.2) is 29.8 Å². The molecule has 0 bridgehead atoms. The van der Waals surface area contributed by atoms with E-state index in [2.05, 4.69) is 14.6 Å². The van der Waals surface area contributed by atoms with Crippen LogP contribution in [0.5, 0.6) is 0 Å². The maximum absolute atomic E-state index is 13.8. The third-order valence-corrected chi connectivity index (χ3v) is 7.00. The van der Waals surface area contributed by atoms with Gasteiger partial charge in [0.25, 0.3) is 5.91 Å². The summed E-state index contributed by atoms with van der Waals surface area (Å²) in [5.74, 6) is -0.806. The molecular weight excluding hydrogens is 386 g/mol. The highest BCUT2D eigenvalue weighted by Crippen LogP contribution is 2.47. The van der Waals surface area contributed by atoms with Crippen LogP contribution in [-0.2, 0) is 10.3 Å². The zero-order valence-electron chi connectivity index (χ0n) is 16.5. The number of rotatable bonds is 6. The molecule has 2 heterocycles. The van der Waals surface area contributed by atoms with Crippen LogP contribution < -0.4 is 5.73 Å². The SMILES string of the molecule is NC(=O)C(c1ccccn1)(C1CCCC1)N(C(=O)c1csnn1)C1CCCCC1. The lowest BCUT2D eigenvalue weighted by atomic mass is 9.74. The normalized spacial score (nSPS) is 20.3. The third-order valence-electron chi connectivity index (χ3n) is 6.49. The van der Waals surface area contributed by atoms with Gasteiger partial charge in [-0.1, -0.05) is 42.7 Å². The highest BCUT2D eigenvalue weighted by atomic mass is 32.1. The monoisotopic (exact) mass is 413 g/mol. The standard InChI is InChI=1S/C21H27N5O2S/c22-20(28)21(15-8-4-5-9-15,18-12-6-7-13-23-18)26(16-10-2-1-3-11-16)19(27)17-14-29-25-24-17/h6-7,12-16H,1-5,8-11H2,(H2,22,28). The van der Waals surface area contributed by atoms with E-state index in [0.717, 1.165) is 69.3 Å². The van der Waals surface area contributed by atoms with Crippen LogP contribution in [0, 0.1) is 5.92 Å². The lowest BCUT2D eigenvalue weighted by Crippen LogP contribution is -2.64. The number of nitrogens with zero attached hydrogens (tertiary/aromatic N) is 4. The summed E-state index contributed by atoms with van der Waals surface area (Å²) in [7, 11) is 0. The molecule has 2 fully saturated rings. The molecule has 2 aromatic rings. The number of primary amides is 1. The Morgan fingerprint density at radius 3 is 2.38 bits per heavy atom. The molecule has 29 heavy (non-hydrogen) atoms. The van der Waals surface area contributed by atoms with Gasteiger partial charge in [0, 0.05) is 17.6 Å². The number of nitrogens with two attached hydrogens (primary N) is 1. The van der Waals surface area contributed by atoms with Gasteiger partial charge in [-0.05, 0) is 55.3 Å². The van der Waals surface area contributed by atoms with Crippen molar-refractivity contribution in [3.8, 4) is 0 Å². The lowest BCUT2D eigenvalue weighted by Gasteiger charge is -2.49. The number of hydrogen-bond donors (Lipinski definition) is 1. The van der Waals surface area contributed by atoms with Gasteiger partial charge in [-0.25, -0.2) is 0 Å². The molecule has 0 saturated heterocycles. The van der Waals surface area contributed by atoms with Gasteiger partial charge in [0.15, 0.2) is 11.2 Å². The van der Waals surface area contributed by atoms with Gasteiger partial charge in [0.2, 0.25) is 5.91 Å². The molecule has 4 rings (SSSR count). The minimum absolute atomic E-state index is 0.0487. The molecule has 0 spiro atoms. The second kappa shape index (κ2) is 8.57. The molecule has 0 aromatic carbocycles. The van der Waals surface area contributed by atoms with Crippen molar-refractivity contribution in [1.82, 2.24) is 19.5 Å². The molecule has 7 nitrogen and oxygen atoms in total. The largest absolute Gasteiger partial charge is 0.367 e. The first kappa shape index (κ1) is 19.9. The molecule has 1 unspecified atom stereocenters. The van der Waals surface area contributed by atoms with Crippen molar-refractivity contribution in [2.75, 3.05) is 0 Å². The van der Waals surface area contributed by atoms with Gasteiger partial charge in [-0.15, -0.1) is 5.10 Å². The minimum Gasteiger partial charge on any atom is -0.367 e. The van der Waals surface area contributed by atoms with Crippen molar-refractivity contribution in [2.45, 2.75) is 69.4 Å². The molecule has 8 heteroatoms. The molecule has 2 amide bonds. The van der Waals surface area contributed by atoms with E-state index in [4.69, 9.17) is 5.73 Å². The smallest absolute Gasteiger partial charge is 0.276 e. The molecule has 2 saturated carbocycles. The predicted molar refractivity (Wildman–Crippen MR) is 110 cm³/mol. The number of carbonyl (C=O) groups excluding carboxylic acids is 2. The minimum atomic E-state index is -1.26. The van der Waals surface area contributed by atoms with Gasteiger partial charge in [0.1, 0.15) is 0 Å². The number of carbonyl (C=O) groups is 2. The van der Waals surface area contributed by atoms with E-state index < -0.39 is 11.4 Å². The van der Waals surface area contributed by atoms with Gasteiger partial charge >= 0.3 is 0 Å². The number of aromatic nitrogens is 3. The maximum Gasteiger partial charge on any atom is 0.276 e. The molecule has 0 aliphatic heterocycles. The van der Waals surface area contributed by atoms with E-state index in [1.807, 2.05) is 18.2 Å². The van der Waals surface area contributed by atoms with Crippen LogP contribution in [0.25, 0.3) is 0 Å². The Bertz CT molecular complexity index is 832. The van der Waals surface area contributed by atoms with E-state index in [9.17, 15) is 9.59 Å². The molecular formula is C21H27N5O2S. The summed E-state index contributed by atoms with van der Waals surface area (Å²) in [5, 5.41) is 5.68. The van der Waals surface area contributed by atoms with Crippen molar-refractivity contribution < 1.29 is 9.59 Å². The van der Waals surface area contributed by atoms with Crippen LogP contribution >= 0.6 is 11.5 Å². The van der Waals surface area contributed by atoms with E-state index in [0.29, 0.717) is 5.69 Å². The Balaban J connectivity index is 1.91. The fourth-order valence-electron chi connectivity index (χ4n) is 5.24. The summed E-state index contributed by atoms with van der Waals surface area (Å²) in [6, 6.07) is 5.46. The maximum atomic E-state index is 13.8. The van der Waals surface area contributed by atoms with Crippen LogP contribution in [0.3, 0.4) is 0 Å². The van der Waals surface area contributed by atoms with E-state index >= 15 is 0 Å². The number of hydrogen-bond acceptors (Lipinski definition) is 6. The first-order chi connectivity index (χ1) is 14.2. The van der Waals surface area contributed by atoms with Crippen LogP contribution in [0.4, 0.5) is 0 Å². The topological polar surface area (TPSA) is 102 Å². The Hall–Kier alpha value is -2.35. The second-order valence-electron chi connectivity index (χ2n) is 8.08. The van der Waals surface area contributed by atoms with E-state index in [-0.39, 0.29) is 23.6 Å². The van der Waals surface area contributed by atoms with E-state index in [1.165, 1.54) is 0 Å². The van der Waals surface area contributed by atoms with Crippen LogP contribution in [0.2, 0.25) is 0 Å². The zero-order chi connectivity index (χ0) is 20.3. The second-order valence-corrected chi connectivity index (χ2v) is 8.69. The Morgan fingerprint density at radius 2 is 1.79 bits per heavy atom. The van der Waals surface area contributed by atoms with Crippen LogP contribution in [-0.4, -0.2) is 37.3 Å². The lowest BCUT2D eigenvalue weighted by molar-refractivity contribution is -0.136. The average Bonchev–Trinajstić information content (AvgIpc) is 3.47. The molecule has 1 atom stereocenters. The number of pyridine rings is 1. The summed E-state index contributed by atoms with van der Waals surface area (Å²) >= 11 is 1.14. The Morgan fingerprint density at radius 1 is 1.07 bits per heavy atom. The molecule has 0 radical (unpaired) electrons. The summed E-state index contributed by atoms with van der Waals surface area (Å²) in [6.45, 7) is 0. The van der Waals surface area contributed by atoms with E-state index in [1.54, 1.807) is 16.5 Å². The van der Waals surface area contributed by atoms with Crippen molar-refractivity contribution in [2.24, 2.45) is 11.7 Å². The molecule has 2 aliphatic rings. The van der Waals surface area contributed by atoms with Crippen molar-refractivity contribution in [3.05, 3.63) is 41.2 Å². The Labute approximate surface area is 174 Å². The van der Waals surface area contributed by atoms with Crippen molar-refractivity contribution in [3.63, 3.8) is 0 Å². The zero-order valence-corrected chi connectivity index (χ0v) is 17.3. The van der Waals surface area contributed by atoms with Gasteiger partial charge in [-0.3, -0.25) is 14.6 Å².